The Hall–Kier alpha value is -3.75. The summed E-state index contributed by atoms with van der Waals surface area (Å²) < 4.78 is 5.80. The van der Waals surface area contributed by atoms with Gasteiger partial charge in [0.25, 0.3) is 11.8 Å². The first kappa shape index (κ1) is 21.5. The highest BCUT2D eigenvalue weighted by molar-refractivity contribution is 7.80. The number of amides is 2. The van der Waals surface area contributed by atoms with E-state index in [-0.39, 0.29) is 22.0 Å². The maximum atomic E-state index is 13.1. The molecule has 160 valence electrons. The molecule has 0 bridgehead atoms. The smallest absolute Gasteiger partial charge is 0.335 e. The van der Waals surface area contributed by atoms with E-state index in [1.807, 2.05) is 0 Å². The van der Waals surface area contributed by atoms with Crippen molar-refractivity contribution in [3.8, 4) is 11.3 Å². The minimum absolute atomic E-state index is 0.0773. The molecule has 3 aromatic rings. The number of nitrogens with one attached hydrogen (secondary N) is 1. The number of carbonyl (C=O) groups excluding carboxylic acids is 2. The molecular weight excluding hydrogens is 452 g/mol. The van der Waals surface area contributed by atoms with Crippen molar-refractivity contribution in [1.82, 2.24) is 5.32 Å². The second-order valence-corrected chi connectivity index (χ2v) is 7.69. The first-order chi connectivity index (χ1) is 15.3. The van der Waals surface area contributed by atoms with Gasteiger partial charge in [0.05, 0.1) is 16.3 Å². The fourth-order valence-electron chi connectivity index (χ4n) is 3.36. The quantitative estimate of drug-likeness (QED) is 0.335. The van der Waals surface area contributed by atoms with Crippen LogP contribution in [0.5, 0.6) is 0 Å². The molecule has 0 radical (unpaired) electrons. The normalized spacial score (nSPS) is 15.2. The monoisotopic (exact) mass is 466 g/mol. The van der Waals surface area contributed by atoms with Crippen LogP contribution in [0.1, 0.15) is 21.7 Å². The molecule has 4 rings (SSSR count). The third-order valence-electron chi connectivity index (χ3n) is 4.94. The number of halogens is 1. The summed E-state index contributed by atoms with van der Waals surface area (Å²) in [5.74, 6) is -1.71. The van der Waals surface area contributed by atoms with E-state index in [0.29, 0.717) is 27.6 Å². The van der Waals surface area contributed by atoms with E-state index in [9.17, 15) is 19.5 Å². The summed E-state index contributed by atoms with van der Waals surface area (Å²) in [7, 11) is 0. The molecule has 0 atom stereocenters. The van der Waals surface area contributed by atoms with Gasteiger partial charge in [0.1, 0.15) is 17.1 Å². The number of benzene rings is 2. The van der Waals surface area contributed by atoms with E-state index in [0.717, 1.165) is 4.90 Å². The number of carboxylic acid groups (broad SMARTS) is 1. The van der Waals surface area contributed by atoms with Crippen LogP contribution < -0.4 is 10.2 Å². The van der Waals surface area contributed by atoms with Crippen LogP contribution in [0.4, 0.5) is 5.69 Å². The lowest BCUT2D eigenvalue weighted by molar-refractivity contribution is -0.122. The van der Waals surface area contributed by atoms with Crippen molar-refractivity contribution in [2.45, 2.75) is 6.92 Å². The second-order valence-electron chi connectivity index (χ2n) is 6.89. The van der Waals surface area contributed by atoms with Gasteiger partial charge in [-0.2, -0.15) is 0 Å². The van der Waals surface area contributed by atoms with Crippen LogP contribution in [0.25, 0.3) is 17.4 Å². The highest BCUT2D eigenvalue weighted by atomic mass is 35.5. The molecular formula is C23H15ClN2O5S. The number of thiocarbonyl (C=S) groups is 1. The molecule has 0 saturated carbocycles. The number of carbonyl (C=O) groups is 3. The zero-order valence-electron chi connectivity index (χ0n) is 16.6. The lowest BCUT2D eigenvalue weighted by Gasteiger charge is -2.29. The summed E-state index contributed by atoms with van der Waals surface area (Å²) in [4.78, 5) is 38.1. The summed E-state index contributed by atoms with van der Waals surface area (Å²) in [5, 5.41) is 12.0. The van der Waals surface area contributed by atoms with Crippen LogP contribution >= 0.6 is 23.8 Å². The Kier molecular flexibility index (Phi) is 5.65. The average molecular weight is 467 g/mol. The molecule has 1 aliphatic heterocycles. The lowest BCUT2D eigenvalue weighted by atomic mass is 10.0. The first-order valence-electron chi connectivity index (χ1n) is 9.37. The van der Waals surface area contributed by atoms with Gasteiger partial charge in [0, 0.05) is 5.56 Å². The van der Waals surface area contributed by atoms with Crippen LogP contribution in [-0.2, 0) is 9.59 Å². The Morgan fingerprint density at radius 2 is 1.88 bits per heavy atom. The minimum atomic E-state index is -1.04. The molecule has 1 saturated heterocycles. The lowest BCUT2D eigenvalue weighted by Crippen LogP contribution is -2.54. The van der Waals surface area contributed by atoms with Crippen molar-refractivity contribution in [1.29, 1.82) is 0 Å². The molecule has 0 spiro atoms. The third kappa shape index (κ3) is 3.81. The second kappa shape index (κ2) is 8.41. The molecule has 2 amide bonds. The third-order valence-corrected chi connectivity index (χ3v) is 5.54. The number of para-hydroxylation sites is 1. The number of nitrogens with zero attached hydrogens (tertiary/aromatic N) is 1. The Morgan fingerprint density at radius 3 is 2.59 bits per heavy atom. The van der Waals surface area contributed by atoms with E-state index in [4.69, 9.17) is 28.2 Å². The molecule has 1 aromatic heterocycles. The van der Waals surface area contributed by atoms with Gasteiger partial charge in [0.2, 0.25) is 0 Å². The molecule has 2 N–H and O–H groups in total. The predicted octanol–water partition coefficient (Wildman–Crippen LogP) is 4.44. The summed E-state index contributed by atoms with van der Waals surface area (Å²) in [5.41, 5.74) is 1.44. The van der Waals surface area contributed by atoms with Gasteiger partial charge >= 0.3 is 5.97 Å². The van der Waals surface area contributed by atoms with Crippen molar-refractivity contribution < 1.29 is 23.9 Å². The van der Waals surface area contributed by atoms with Crippen LogP contribution in [0.15, 0.2) is 64.6 Å². The van der Waals surface area contributed by atoms with Crippen LogP contribution in [0.2, 0.25) is 5.02 Å². The topological polar surface area (TPSA) is 99.8 Å². The number of carboxylic acids is 1. The Balaban J connectivity index is 1.71. The first-order valence-corrected chi connectivity index (χ1v) is 10.2. The van der Waals surface area contributed by atoms with Crippen LogP contribution in [0, 0.1) is 6.92 Å². The molecule has 9 heteroatoms. The molecule has 1 fully saturated rings. The number of hydrogen-bond acceptors (Lipinski definition) is 5. The van der Waals surface area contributed by atoms with Gasteiger partial charge in [-0.3, -0.25) is 19.8 Å². The van der Waals surface area contributed by atoms with E-state index >= 15 is 0 Å². The highest BCUT2D eigenvalue weighted by Gasteiger charge is 2.35. The van der Waals surface area contributed by atoms with Gasteiger partial charge in [-0.15, -0.1) is 0 Å². The van der Waals surface area contributed by atoms with Crippen molar-refractivity contribution in [3.63, 3.8) is 0 Å². The molecule has 32 heavy (non-hydrogen) atoms. The Bertz CT molecular complexity index is 1330. The van der Waals surface area contributed by atoms with Gasteiger partial charge in [-0.05, 0) is 61.1 Å². The number of anilines is 1. The van der Waals surface area contributed by atoms with Crippen molar-refractivity contribution >= 4 is 58.5 Å². The van der Waals surface area contributed by atoms with E-state index < -0.39 is 17.8 Å². The van der Waals surface area contributed by atoms with Crippen molar-refractivity contribution in [2.75, 3.05) is 4.90 Å². The Morgan fingerprint density at radius 1 is 1.12 bits per heavy atom. The molecule has 2 heterocycles. The maximum Gasteiger partial charge on any atom is 0.335 e. The highest BCUT2D eigenvalue weighted by Crippen LogP contribution is 2.31. The number of hydrogen-bond donors (Lipinski definition) is 2. The molecule has 0 unspecified atom stereocenters. The summed E-state index contributed by atoms with van der Waals surface area (Å²) in [6.07, 6.45) is 1.31. The predicted molar refractivity (Wildman–Crippen MR) is 123 cm³/mol. The summed E-state index contributed by atoms with van der Waals surface area (Å²) >= 11 is 11.4. The van der Waals surface area contributed by atoms with E-state index in [1.54, 1.807) is 55.5 Å². The van der Waals surface area contributed by atoms with E-state index in [1.165, 1.54) is 12.1 Å². The average Bonchev–Trinajstić information content (AvgIpc) is 3.20. The van der Waals surface area contributed by atoms with Crippen LogP contribution in [-0.4, -0.2) is 28.0 Å². The SMILES string of the molecule is Cc1c(C(=O)O)cccc1-c1ccc(/C=C2/C(=O)NC(=S)N(c3ccccc3Cl)C2=O)o1. The molecule has 1 aliphatic rings. The number of furan rings is 1. The van der Waals surface area contributed by atoms with Crippen molar-refractivity contribution in [3.05, 3.63) is 82.1 Å². The van der Waals surface area contributed by atoms with Gasteiger partial charge in [-0.1, -0.05) is 35.9 Å². The van der Waals surface area contributed by atoms with Gasteiger partial charge in [-0.25, -0.2) is 4.79 Å². The fraction of sp³-hybridized carbons (Fsp3) is 0.0435. The molecule has 2 aromatic carbocycles. The summed E-state index contributed by atoms with van der Waals surface area (Å²) in [6, 6.07) is 14.7. The summed E-state index contributed by atoms with van der Waals surface area (Å²) in [6.45, 7) is 1.68. The zero-order valence-corrected chi connectivity index (χ0v) is 18.2. The maximum absolute atomic E-state index is 13.1. The largest absolute Gasteiger partial charge is 0.478 e. The number of rotatable bonds is 4. The number of aromatic carboxylic acids is 1. The van der Waals surface area contributed by atoms with Crippen LogP contribution in [0.3, 0.4) is 0 Å². The van der Waals surface area contributed by atoms with E-state index in [2.05, 4.69) is 5.32 Å². The van der Waals surface area contributed by atoms with Crippen molar-refractivity contribution in [2.24, 2.45) is 0 Å². The molecule has 7 nitrogen and oxygen atoms in total. The van der Waals surface area contributed by atoms with Gasteiger partial charge < -0.3 is 9.52 Å². The zero-order chi connectivity index (χ0) is 23.0. The minimum Gasteiger partial charge on any atom is -0.478 e. The standard InChI is InChI=1S/C23H15ClN2O5S/c1-12-14(5-4-6-15(12)22(29)30)19-10-9-13(31-19)11-16-20(27)25-23(32)26(21(16)28)18-8-3-2-7-17(18)24/h2-11H,1H3,(H,29,30)(H,25,27,32)/b16-11-. The van der Waals surface area contributed by atoms with Gasteiger partial charge in [0.15, 0.2) is 5.11 Å². The fourth-order valence-corrected chi connectivity index (χ4v) is 3.86. The molecule has 0 aliphatic carbocycles. The Labute approximate surface area is 192 Å².